The monoisotopic (exact) mass is 239 g/mol. The normalized spacial score (nSPS) is 20.8. The van der Waals surface area contributed by atoms with Gasteiger partial charge in [-0.25, -0.2) is 0 Å². The average Bonchev–Trinajstić information content (AvgIpc) is 2.33. The standard InChI is InChI=1S/C13H18ClNO/c1-16-13-9-11(14)6-5-10(13)8-12-4-2-3-7-15-12/h5-6,9,12,15H,2-4,7-8H2,1H3. The van der Waals surface area contributed by atoms with Crippen molar-refractivity contribution in [3.63, 3.8) is 0 Å². The van der Waals surface area contributed by atoms with Crippen molar-refractivity contribution < 1.29 is 4.74 Å². The Labute approximate surface area is 102 Å². The van der Waals surface area contributed by atoms with E-state index >= 15 is 0 Å². The zero-order valence-electron chi connectivity index (χ0n) is 9.63. The Kier molecular flexibility index (Phi) is 4.08. The summed E-state index contributed by atoms with van der Waals surface area (Å²) in [5, 5.41) is 4.28. The summed E-state index contributed by atoms with van der Waals surface area (Å²) in [5.41, 5.74) is 1.24. The van der Waals surface area contributed by atoms with Crippen LogP contribution in [-0.2, 0) is 6.42 Å². The van der Waals surface area contributed by atoms with Gasteiger partial charge >= 0.3 is 0 Å². The van der Waals surface area contributed by atoms with E-state index in [1.165, 1.54) is 24.8 Å². The van der Waals surface area contributed by atoms with Crippen LogP contribution in [0.4, 0.5) is 0 Å². The topological polar surface area (TPSA) is 21.3 Å². The maximum Gasteiger partial charge on any atom is 0.123 e. The number of rotatable bonds is 3. The summed E-state index contributed by atoms with van der Waals surface area (Å²) >= 11 is 5.94. The van der Waals surface area contributed by atoms with Crippen molar-refractivity contribution in [3.8, 4) is 5.75 Å². The molecular formula is C13H18ClNO. The molecule has 0 saturated carbocycles. The third-order valence-corrected chi connectivity index (χ3v) is 3.36. The van der Waals surface area contributed by atoms with E-state index in [9.17, 15) is 0 Å². The van der Waals surface area contributed by atoms with E-state index in [1.54, 1.807) is 7.11 Å². The van der Waals surface area contributed by atoms with Crippen LogP contribution in [0, 0.1) is 0 Å². The van der Waals surface area contributed by atoms with Gasteiger partial charge in [-0.3, -0.25) is 0 Å². The van der Waals surface area contributed by atoms with Crippen molar-refractivity contribution in [2.24, 2.45) is 0 Å². The second-order valence-corrected chi connectivity index (χ2v) is 4.74. The van der Waals surface area contributed by atoms with E-state index < -0.39 is 0 Å². The lowest BCUT2D eigenvalue weighted by Gasteiger charge is -2.24. The Hall–Kier alpha value is -0.730. The molecule has 1 aliphatic rings. The fraction of sp³-hybridized carbons (Fsp3) is 0.538. The summed E-state index contributed by atoms with van der Waals surface area (Å²) in [7, 11) is 1.70. The van der Waals surface area contributed by atoms with Crippen LogP contribution in [0.15, 0.2) is 18.2 Å². The van der Waals surface area contributed by atoms with Crippen LogP contribution in [0.3, 0.4) is 0 Å². The van der Waals surface area contributed by atoms with E-state index in [4.69, 9.17) is 16.3 Å². The van der Waals surface area contributed by atoms with Crippen LogP contribution < -0.4 is 10.1 Å². The first-order valence-corrected chi connectivity index (χ1v) is 6.23. The largest absolute Gasteiger partial charge is 0.496 e. The predicted molar refractivity (Wildman–Crippen MR) is 67.3 cm³/mol. The molecule has 0 aromatic heterocycles. The highest BCUT2D eigenvalue weighted by Gasteiger charge is 2.15. The smallest absolute Gasteiger partial charge is 0.123 e. The SMILES string of the molecule is COc1cc(Cl)ccc1CC1CCCCN1. The fourth-order valence-electron chi connectivity index (χ4n) is 2.25. The number of hydrogen-bond acceptors (Lipinski definition) is 2. The van der Waals surface area contributed by atoms with Crippen LogP contribution in [0.2, 0.25) is 5.02 Å². The minimum Gasteiger partial charge on any atom is -0.496 e. The number of piperidine rings is 1. The van der Waals surface area contributed by atoms with E-state index in [0.29, 0.717) is 6.04 Å². The quantitative estimate of drug-likeness (QED) is 0.876. The maximum atomic E-state index is 5.94. The first kappa shape index (κ1) is 11.7. The van der Waals surface area contributed by atoms with Gasteiger partial charge in [-0.2, -0.15) is 0 Å². The molecule has 1 unspecified atom stereocenters. The summed E-state index contributed by atoms with van der Waals surface area (Å²) in [4.78, 5) is 0. The molecule has 1 N–H and O–H groups in total. The summed E-state index contributed by atoms with van der Waals surface area (Å²) in [5.74, 6) is 0.903. The molecule has 2 rings (SSSR count). The third-order valence-electron chi connectivity index (χ3n) is 3.13. The highest BCUT2D eigenvalue weighted by Crippen LogP contribution is 2.25. The molecule has 3 heteroatoms. The predicted octanol–water partition coefficient (Wildman–Crippen LogP) is 3.03. The lowest BCUT2D eigenvalue weighted by atomic mass is 9.97. The van der Waals surface area contributed by atoms with Crippen molar-refractivity contribution in [1.82, 2.24) is 5.32 Å². The molecule has 0 bridgehead atoms. The summed E-state index contributed by atoms with van der Waals surface area (Å²) in [6.07, 6.45) is 4.91. The van der Waals surface area contributed by atoms with Gasteiger partial charge in [-0.05, 0) is 43.5 Å². The Morgan fingerprint density at radius 3 is 3.00 bits per heavy atom. The van der Waals surface area contributed by atoms with Crippen LogP contribution >= 0.6 is 11.6 Å². The van der Waals surface area contributed by atoms with Gasteiger partial charge in [0.15, 0.2) is 0 Å². The van der Waals surface area contributed by atoms with Gasteiger partial charge in [-0.15, -0.1) is 0 Å². The van der Waals surface area contributed by atoms with Gasteiger partial charge in [0.25, 0.3) is 0 Å². The van der Waals surface area contributed by atoms with Gasteiger partial charge in [0, 0.05) is 11.1 Å². The highest BCUT2D eigenvalue weighted by atomic mass is 35.5. The minimum absolute atomic E-state index is 0.587. The van der Waals surface area contributed by atoms with Crippen LogP contribution in [0.25, 0.3) is 0 Å². The molecule has 1 aliphatic heterocycles. The number of nitrogens with one attached hydrogen (secondary N) is 1. The number of methoxy groups -OCH3 is 1. The van der Waals surface area contributed by atoms with Gasteiger partial charge in [0.1, 0.15) is 5.75 Å². The van der Waals surface area contributed by atoms with Gasteiger partial charge in [-0.1, -0.05) is 24.1 Å². The number of benzene rings is 1. The van der Waals surface area contributed by atoms with Crippen molar-refractivity contribution in [2.45, 2.75) is 31.7 Å². The lowest BCUT2D eigenvalue weighted by molar-refractivity contribution is 0.381. The molecule has 0 aliphatic carbocycles. The summed E-state index contributed by atoms with van der Waals surface area (Å²) in [6, 6.07) is 6.48. The number of hydrogen-bond donors (Lipinski definition) is 1. The lowest BCUT2D eigenvalue weighted by Crippen LogP contribution is -2.35. The Morgan fingerprint density at radius 2 is 2.31 bits per heavy atom. The molecule has 88 valence electrons. The second kappa shape index (κ2) is 5.55. The number of ether oxygens (including phenoxy) is 1. The third kappa shape index (κ3) is 2.89. The zero-order valence-corrected chi connectivity index (χ0v) is 10.4. The molecule has 1 fully saturated rings. The van der Waals surface area contributed by atoms with Crippen LogP contribution in [-0.4, -0.2) is 19.7 Å². The Bertz CT molecular complexity index is 348. The molecule has 0 radical (unpaired) electrons. The van der Waals surface area contributed by atoms with E-state index in [1.807, 2.05) is 12.1 Å². The van der Waals surface area contributed by atoms with E-state index in [2.05, 4.69) is 11.4 Å². The van der Waals surface area contributed by atoms with Crippen LogP contribution in [0.5, 0.6) is 5.75 Å². The van der Waals surface area contributed by atoms with Gasteiger partial charge in [0.05, 0.1) is 7.11 Å². The first-order valence-electron chi connectivity index (χ1n) is 5.85. The molecule has 16 heavy (non-hydrogen) atoms. The molecular weight excluding hydrogens is 222 g/mol. The molecule has 1 atom stereocenters. The van der Waals surface area contributed by atoms with Gasteiger partial charge in [0.2, 0.25) is 0 Å². The van der Waals surface area contributed by atoms with Gasteiger partial charge < -0.3 is 10.1 Å². The molecule has 0 amide bonds. The van der Waals surface area contributed by atoms with Crippen molar-refractivity contribution in [2.75, 3.05) is 13.7 Å². The molecule has 1 heterocycles. The van der Waals surface area contributed by atoms with Crippen LogP contribution in [0.1, 0.15) is 24.8 Å². The second-order valence-electron chi connectivity index (χ2n) is 4.31. The van der Waals surface area contributed by atoms with E-state index in [-0.39, 0.29) is 0 Å². The minimum atomic E-state index is 0.587. The molecule has 2 nitrogen and oxygen atoms in total. The van der Waals surface area contributed by atoms with Crippen molar-refractivity contribution >= 4 is 11.6 Å². The average molecular weight is 240 g/mol. The molecule has 1 aromatic carbocycles. The maximum absolute atomic E-state index is 5.94. The molecule has 1 aromatic rings. The molecule has 0 spiro atoms. The highest BCUT2D eigenvalue weighted by molar-refractivity contribution is 6.30. The summed E-state index contributed by atoms with van der Waals surface area (Å²) < 4.78 is 5.36. The Morgan fingerprint density at radius 1 is 1.44 bits per heavy atom. The fourth-order valence-corrected chi connectivity index (χ4v) is 2.41. The van der Waals surface area contributed by atoms with Crippen molar-refractivity contribution in [1.29, 1.82) is 0 Å². The number of halogens is 1. The summed E-state index contributed by atoms with van der Waals surface area (Å²) in [6.45, 7) is 1.14. The van der Waals surface area contributed by atoms with E-state index in [0.717, 1.165) is 23.7 Å². The van der Waals surface area contributed by atoms with Crippen molar-refractivity contribution in [3.05, 3.63) is 28.8 Å². The first-order chi connectivity index (χ1) is 7.79. The zero-order chi connectivity index (χ0) is 11.4. The molecule has 1 saturated heterocycles. The Balaban J connectivity index is 2.07.